The minimum absolute atomic E-state index is 0.0625. The van der Waals surface area contributed by atoms with Gasteiger partial charge in [-0.05, 0) is 62.8 Å². The van der Waals surface area contributed by atoms with Crippen molar-refractivity contribution in [2.45, 2.75) is 44.9 Å². The van der Waals surface area contributed by atoms with E-state index in [1.54, 1.807) is 6.08 Å². The molecule has 0 spiro atoms. The fraction of sp³-hybridized carbons (Fsp3) is 0.364. The molecule has 242 valence electrons. The van der Waals surface area contributed by atoms with Crippen LogP contribution in [0.1, 0.15) is 61.1 Å². The molecule has 1 aliphatic heterocycles. The molecule has 1 unspecified atom stereocenters. The molecule has 13 heteroatoms. The summed E-state index contributed by atoms with van der Waals surface area (Å²) in [5.74, 6) is -0.770. The monoisotopic (exact) mass is 759 g/mol. The number of fused-ring (bicyclic) bond motifs is 3. The molecule has 3 aromatic rings. The van der Waals surface area contributed by atoms with E-state index in [0.29, 0.717) is 34.8 Å². The molecule has 1 aromatic carbocycles. The molecule has 1 aliphatic rings. The Balaban J connectivity index is 1.62. The van der Waals surface area contributed by atoms with E-state index in [1.807, 2.05) is 53.1 Å². The average molecular weight is 760 g/mol. The number of hydrogen-bond acceptors (Lipinski definition) is 7. The molecule has 0 bridgehead atoms. The molecular weight excluding hydrogens is 723 g/mol. The molecular formula is C33H36IN4O7S+. The normalized spacial score (nSPS) is 14.6. The smallest absolute Gasteiger partial charge is 0.333 e. The summed E-state index contributed by atoms with van der Waals surface area (Å²) in [7, 11) is -1.39. The van der Waals surface area contributed by atoms with Crippen LogP contribution in [0.25, 0.3) is 17.3 Å². The van der Waals surface area contributed by atoms with Gasteiger partial charge in [-0.2, -0.15) is 18.2 Å². The summed E-state index contributed by atoms with van der Waals surface area (Å²) < 4.78 is 35.9. The highest BCUT2D eigenvalue weighted by Gasteiger charge is 2.44. The van der Waals surface area contributed by atoms with Crippen molar-refractivity contribution in [2.24, 2.45) is 20.0 Å². The molecule has 0 saturated heterocycles. The zero-order valence-electron chi connectivity index (χ0n) is 26.0. The van der Waals surface area contributed by atoms with Gasteiger partial charge in [-0.3, -0.25) is 23.3 Å². The first kappa shape index (κ1) is 35.0. The predicted octanol–water partition coefficient (Wildman–Crippen LogP) is 3.55. The minimum Gasteiger partial charge on any atom is -0.494 e. The third-order valence-electron chi connectivity index (χ3n) is 8.42. The number of Topliss-reactive ketones (excluding diaryl/α,β-unsaturated/α-hetero) is 1. The molecule has 11 nitrogen and oxygen atoms in total. The topological polar surface area (TPSA) is 163 Å². The Hall–Kier alpha value is -3.87. The third-order valence-corrected chi connectivity index (χ3v) is 10.1. The van der Waals surface area contributed by atoms with Crippen molar-refractivity contribution in [1.29, 1.82) is 5.26 Å². The first-order valence-electron chi connectivity index (χ1n) is 14.6. The summed E-state index contributed by atoms with van der Waals surface area (Å²) in [5.41, 5.74) is 3.21. The van der Waals surface area contributed by atoms with Crippen molar-refractivity contribution in [3.8, 4) is 17.6 Å². The second-order valence-electron chi connectivity index (χ2n) is 12.0. The molecule has 4 rings (SSSR count). The van der Waals surface area contributed by atoms with Crippen molar-refractivity contribution in [3.05, 3.63) is 97.5 Å². The average Bonchev–Trinajstić information content (AvgIpc) is 3.23. The van der Waals surface area contributed by atoms with Gasteiger partial charge in [-0.25, -0.2) is 4.79 Å². The number of allylic oxidation sites excluding steroid dienone is 3. The van der Waals surface area contributed by atoms with Crippen LogP contribution in [0, 0.1) is 17.2 Å². The molecule has 1 atom stereocenters. The molecule has 0 saturated carbocycles. The number of nitrogens with zero attached hydrogens (tertiary/aromatic N) is 4. The minimum atomic E-state index is -4.07. The lowest BCUT2D eigenvalue weighted by molar-refractivity contribution is -0.599. The molecule has 0 aliphatic carbocycles. The fourth-order valence-corrected chi connectivity index (χ4v) is 6.75. The molecule has 2 aromatic heterocycles. The second kappa shape index (κ2) is 13.9. The van der Waals surface area contributed by atoms with Crippen LogP contribution in [-0.2, 0) is 40.8 Å². The summed E-state index contributed by atoms with van der Waals surface area (Å²) >= 11 is 2.03. The van der Waals surface area contributed by atoms with Crippen LogP contribution in [0.5, 0.6) is 5.88 Å². The zero-order chi connectivity index (χ0) is 34.0. The van der Waals surface area contributed by atoms with E-state index in [1.165, 1.54) is 26.2 Å². The summed E-state index contributed by atoms with van der Waals surface area (Å²) in [5, 5.41) is 20.3. The number of ketones is 1. The Morgan fingerprint density at radius 3 is 2.54 bits per heavy atom. The van der Waals surface area contributed by atoms with Gasteiger partial charge >= 0.3 is 5.69 Å². The van der Waals surface area contributed by atoms with Crippen LogP contribution >= 0.6 is 22.6 Å². The highest BCUT2D eigenvalue weighted by Crippen LogP contribution is 2.39. The molecule has 0 radical (unpaired) electrons. The van der Waals surface area contributed by atoms with Gasteiger partial charge in [-0.1, -0.05) is 34.7 Å². The number of benzene rings is 1. The Bertz CT molecular complexity index is 2040. The summed E-state index contributed by atoms with van der Waals surface area (Å²) in [6.45, 7) is 4.19. The number of aromatic hydroxyl groups is 1. The number of nitriles is 1. The number of hydrogen-bond donors (Lipinski definition) is 2. The van der Waals surface area contributed by atoms with Crippen LogP contribution in [0.2, 0.25) is 0 Å². The highest BCUT2D eigenvalue weighted by atomic mass is 127. The highest BCUT2D eigenvalue weighted by molar-refractivity contribution is 14.1. The summed E-state index contributed by atoms with van der Waals surface area (Å²) in [4.78, 5) is 36.8. The number of halogens is 1. The summed E-state index contributed by atoms with van der Waals surface area (Å²) in [6.07, 6.45) is 7.98. The zero-order valence-corrected chi connectivity index (χ0v) is 29.0. The maximum absolute atomic E-state index is 12.5. The van der Waals surface area contributed by atoms with Crippen molar-refractivity contribution in [2.75, 3.05) is 10.2 Å². The number of rotatable bonds is 12. The van der Waals surface area contributed by atoms with Gasteiger partial charge in [0.1, 0.15) is 11.3 Å². The van der Waals surface area contributed by atoms with E-state index in [0.717, 1.165) is 31.6 Å². The lowest BCUT2D eigenvalue weighted by Crippen LogP contribution is -2.37. The van der Waals surface area contributed by atoms with Crippen molar-refractivity contribution >= 4 is 50.1 Å². The lowest BCUT2D eigenvalue weighted by atomic mass is 9.81. The van der Waals surface area contributed by atoms with Crippen molar-refractivity contribution in [1.82, 2.24) is 9.13 Å². The molecule has 46 heavy (non-hydrogen) atoms. The van der Waals surface area contributed by atoms with E-state index in [9.17, 15) is 33.2 Å². The van der Waals surface area contributed by atoms with Gasteiger partial charge in [0, 0.05) is 49.8 Å². The third kappa shape index (κ3) is 7.40. The number of alkyl halides is 1. The second-order valence-corrected chi connectivity index (χ2v) is 14.4. The van der Waals surface area contributed by atoms with Crippen LogP contribution < -0.4 is 15.8 Å². The largest absolute Gasteiger partial charge is 0.494 e. The number of carbonyl (C=O) groups is 1. The fourth-order valence-electron chi connectivity index (χ4n) is 5.90. The van der Waals surface area contributed by atoms with Crippen LogP contribution in [0.4, 0.5) is 0 Å². The standard InChI is InChI=1S/C33H35IN4O7S/c1-33(2)27-17-22(15-21(16-25(39)19-34)7-6-14-46(43,44)45)10-11-28(27)38-13-12-23(18-29(33)38)24(20-35)8-5-9-26-30(40)36(3)32(42)37(4)31(26)41/h5,8-13,17-18,21H,6-7,14-16,19H2,1-4H3,(H,43,44,45)/p+1. The Labute approximate surface area is 281 Å². The van der Waals surface area contributed by atoms with Gasteiger partial charge in [0.2, 0.25) is 11.6 Å². The number of carbonyl (C=O) groups excluding carboxylic acids is 1. The van der Waals surface area contributed by atoms with E-state index in [2.05, 4.69) is 30.6 Å². The van der Waals surface area contributed by atoms with Gasteiger partial charge in [0.15, 0.2) is 11.9 Å². The van der Waals surface area contributed by atoms with Crippen molar-refractivity contribution in [3.63, 3.8) is 0 Å². The van der Waals surface area contributed by atoms with Gasteiger partial charge in [0.05, 0.1) is 27.2 Å². The van der Waals surface area contributed by atoms with E-state index in [4.69, 9.17) is 4.55 Å². The van der Waals surface area contributed by atoms with E-state index >= 15 is 0 Å². The lowest BCUT2D eigenvalue weighted by Gasteiger charge is -2.18. The first-order chi connectivity index (χ1) is 21.6. The molecule has 2 N–H and O–H groups in total. The Morgan fingerprint density at radius 2 is 1.89 bits per heavy atom. The maximum atomic E-state index is 12.5. The van der Waals surface area contributed by atoms with Gasteiger partial charge in [0.25, 0.3) is 15.7 Å². The molecule has 0 fully saturated rings. The van der Waals surface area contributed by atoms with Crippen LogP contribution in [-0.4, -0.2) is 43.2 Å². The molecule has 0 amide bonds. The first-order valence-corrected chi connectivity index (χ1v) is 17.7. The van der Waals surface area contributed by atoms with E-state index < -0.39 is 32.7 Å². The Kier molecular flexibility index (Phi) is 10.5. The van der Waals surface area contributed by atoms with Gasteiger partial charge in [-0.15, -0.1) is 0 Å². The number of aromatic nitrogens is 3. The maximum Gasteiger partial charge on any atom is 0.333 e. The SMILES string of the molecule is Cn1c(O)c(/C=C/C=C(\C#N)c2cc[n+]3c(c2)C(C)(C)c2cc(CC(CCCS(=O)(=O)O)CC(=O)CI)ccc2-3)c(=O)n(C)c1=O. The van der Waals surface area contributed by atoms with Crippen molar-refractivity contribution < 1.29 is 27.4 Å². The van der Waals surface area contributed by atoms with Crippen LogP contribution in [0.15, 0.2) is 58.3 Å². The molecule has 3 heterocycles. The summed E-state index contributed by atoms with van der Waals surface area (Å²) in [6, 6.07) is 12.1. The van der Waals surface area contributed by atoms with E-state index in [-0.39, 0.29) is 29.4 Å². The van der Waals surface area contributed by atoms with Gasteiger partial charge < -0.3 is 5.11 Å². The van der Waals surface area contributed by atoms with Crippen LogP contribution in [0.3, 0.4) is 0 Å². The Morgan fingerprint density at radius 1 is 1.17 bits per heavy atom. The quantitative estimate of drug-likeness (QED) is 0.0708. The predicted molar refractivity (Wildman–Crippen MR) is 183 cm³/mol. The number of pyridine rings is 1.